The summed E-state index contributed by atoms with van der Waals surface area (Å²) in [5.74, 6) is 0.922. The van der Waals surface area contributed by atoms with E-state index >= 15 is 0 Å². The van der Waals surface area contributed by atoms with Gasteiger partial charge >= 0.3 is 0 Å². The Bertz CT molecular complexity index is 444. The van der Waals surface area contributed by atoms with Gasteiger partial charge in [-0.15, -0.1) is 0 Å². The van der Waals surface area contributed by atoms with Crippen molar-refractivity contribution in [3.05, 3.63) is 34.9 Å². The average Bonchev–Trinajstić information content (AvgIpc) is 2.17. The monoisotopic (exact) mass is 198 g/mol. The normalized spacial score (nSPS) is 24.8. The van der Waals surface area contributed by atoms with Gasteiger partial charge in [-0.05, 0) is 44.4 Å². The van der Waals surface area contributed by atoms with Crippen molar-refractivity contribution in [3.8, 4) is 5.75 Å². The third-order valence-electron chi connectivity index (χ3n) is 3.24. The van der Waals surface area contributed by atoms with Crippen LogP contribution in [0, 0.1) is 6.92 Å². The molecule has 15 heavy (non-hydrogen) atoms. The molecule has 0 amide bonds. The van der Waals surface area contributed by atoms with Crippen molar-refractivity contribution in [1.82, 2.24) is 0 Å². The molecule has 1 atom stereocenters. The first kappa shape index (κ1) is 10.3. The minimum Gasteiger partial charge on any atom is -0.493 e. The van der Waals surface area contributed by atoms with Crippen molar-refractivity contribution >= 4 is 13.4 Å². The number of hydrogen-bond acceptors (Lipinski definition) is 1. The number of aryl methyl sites for hydroxylation is 1. The van der Waals surface area contributed by atoms with Crippen LogP contribution in [0.25, 0.3) is 5.57 Å². The molecule has 76 valence electrons. The maximum atomic E-state index is 6.12. The number of para-hydroxylation sites is 1. The Morgan fingerprint density at radius 3 is 2.53 bits per heavy atom. The zero-order valence-corrected chi connectivity index (χ0v) is 9.72. The predicted molar refractivity (Wildman–Crippen MR) is 64.2 cm³/mol. The summed E-state index contributed by atoms with van der Waals surface area (Å²) in [5.41, 5.74) is 3.94. The molecule has 0 aliphatic carbocycles. The Labute approximate surface area is 92.6 Å². The molecule has 1 aliphatic rings. The van der Waals surface area contributed by atoms with E-state index < -0.39 is 5.50 Å². The van der Waals surface area contributed by atoms with E-state index in [1.54, 1.807) is 0 Å². The first-order valence-corrected chi connectivity index (χ1v) is 5.19. The predicted octanol–water partition coefficient (Wildman–Crippen LogP) is 3.07. The molecule has 1 heterocycles. The molecule has 0 fully saturated rings. The van der Waals surface area contributed by atoms with Gasteiger partial charge in [0.15, 0.2) is 0 Å². The Morgan fingerprint density at radius 1 is 1.20 bits per heavy atom. The Kier molecular flexibility index (Phi) is 2.18. The van der Waals surface area contributed by atoms with Crippen molar-refractivity contribution in [2.45, 2.75) is 33.2 Å². The largest absolute Gasteiger partial charge is 0.493 e. The minimum atomic E-state index is -0.677. The van der Waals surface area contributed by atoms with Gasteiger partial charge in [-0.3, -0.25) is 0 Å². The first-order chi connectivity index (χ1) is 6.93. The van der Waals surface area contributed by atoms with E-state index in [2.05, 4.69) is 13.0 Å². The van der Waals surface area contributed by atoms with Gasteiger partial charge in [-0.25, -0.2) is 0 Å². The zero-order valence-electron chi connectivity index (χ0n) is 9.72. The second-order valence-corrected chi connectivity index (χ2v) is 4.41. The fourth-order valence-corrected chi connectivity index (χ4v) is 1.95. The zero-order chi connectivity index (χ0) is 11.2. The van der Waals surface area contributed by atoms with Gasteiger partial charge in [0.2, 0.25) is 0 Å². The van der Waals surface area contributed by atoms with Crippen LogP contribution in [-0.4, -0.2) is 13.3 Å². The molecule has 1 aromatic rings. The summed E-state index contributed by atoms with van der Waals surface area (Å²) >= 11 is 0. The summed E-state index contributed by atoms with van der Waals surface area (Å²) in [6.45, 7) is 8.08. The fraction of sp³-hybridized carbons (Fsp3) is 0.385. The summed E-state index contributed by atoms with van der Waals surface area (Å²) in [6, 6.07) is 6.17. The summed E-state index contributed by atoms with van der Waals surface area (Å²) in [5, 5.41) is 0. The van der Waals surface area contributed by atoms with Gasteiger partial charge in [0.25, 0.3) is 0 Å². The van der Waals surface area contributed by atoms with Crippen LogP contribution in [0.1, 0.15) is 31.9 Å². The maximum Gasteiger partial charge on any atom is 0.137 e. The molecule has 1 unspecified atom stereocenters. The molecule has 2 heteroatoms. The average molecular weight is 198 g/mol. The van der Waals surface area contributed by atoms with Gasteiger partial charge < -0.3 is 4.74 Å². The molecular weight excluding hydrogens is 183 g/mol. The molecule has 1 aliphatic heterocycles. The van der Waals surface area contributed by atoms with Crippen molar-refractivity contribution in [2.24, 2.45) is 0 Å². The lowest BCUT2D eigenvalue weighted by Gasteiger charge is -2.36. The number of benzene rings is 1. The smallest absolute Gasteiger partial charge is 0.137 e. The van der Waals surface area contributed by atoms with Crippen molar-refractivity contribution in [1.29, 1.82) is 0 Å². The summed E-state index contributed by atoms with van der Waals surface area (Å²) in [4.78, 5) is 0. The topological polar surface area (TPSA) is 9.23 Å². The third-order valence-corrected chi connectivity index (χ3v) is 3.24. The fourth-order valence-electron chi connectivity index (χ4n) is 1.95. The lowest BCUT2D eigenvalue weighted by molar-refractivity contribution is 0.208. The number of hydrogen-bond donors (Lipinski definition) is 0. The highest BCUT2D eigenvalue weighted by Gasteiger charge is 2.30. The van der Waals surface area contributed by atoms with Gasteiger partial charge in [0.05, 0.1) is 5.50 Å². The number of fused-ring (bicyclic) bond motifs is 1. The van der Waals surface area contributed by atoms with Crippen molar-refractivity contribution in [3.63, 3.8) is 0 Å². The number of rotatable bonds is 0. The van der Waals surface area contributed by atoms with E-state index in [1.807, 2.05) is 32.9 Å². The maximum absolute atomic E-state index is 6.12. The van der Waals surface area contributed by atoms with E-state index in [9.17, 15) is 0 Å². The quantitative estimate of drug-likeness (QED) is 0.582. The molecule has 0 saturated carbocycles. The van der Waals surface area contributed by atoms with Gasteiger partial charge in [-0.1, -0.05) is 18.2 Å². The Balaban J connectivity index is 2.70. The van der Waals surface area contributed by atoms with Crippen LogP contribution in [0.3, 0.4) is 0 Å². The van der Waals surface area contributed by atoms with Crippen LogP contribution in [0.15, 0.2) is 23.8 Å². The van der Waals surface area contributed by atoms with Crippen LogP contribution in [-0.2, 0) is 0 Å². The van der Waals surface area contributed by atoms with Crippen LogP contribution in [0.4, 0.5) is 0 Å². The highest BCUT2D eigenvalue weighted by Crippen LogP contribution is 2.40. The standard InChI is InChI=1S/C13H15BO/c1-8-6-5-7-11-9(2)10(3)13(4,14)15-12(8)11/h5-7H,1-4H3. The van der Waals surface area contributed by atoms with E-state index in [4.69, 9.17) is 12.6 Å². The second kappa shape index (κ2) is 3.16. The molecule has 0 aromatic heterocycles. The molecule has 2 radical (unpaired) electrons. The van der Waals surface area contributed by atoms with Crippen LogP contribution in [0.2, 0.25) is 0 Å². The molecule has 1 aromatic carbocycles. The van der Waals surface area contributed by atoms with Crippen molar-refractivity contribution < 1.29 is 4.74 Å². The summed E-state index contributed by atoms with van der Waals surface area (Å²) < 4.78 is 5.85. The van der Waals surface area contributed by atoms with E-state index in [0.29, 0.717) is 0 Å². The van der Waals surface area contributed by atoms with E-state index in [1.165, 1.54) is 5.57 Å². The molecule has 1 nitrogen and oxygen atoms in total. The molecule has 2 rings (SSSR count). The molecule has 0 N–H and O–H groups in total. The second-order valence-electron chi connectivity index (χ2n) is 4.41. The lowest BCUT2D eigenvalue weighted by atomic mass is 9.73. The molecule has 0 spiro atoms. The van der Waals surface area contributed by atoms with E-state index in [0.717, 1.165) is 22.4 Å². The summed E-state index contributed by atoms with van der Waals surface area (Å²) in [7, 11) is 6.12. The lowest BCUT2D eigenvalue weighted by Crippen LogP contribution is -2.37. The SMILES string of the molecule is [B]C1(C)Oc2c(C)cccc2C(C)=C1C. The number of allylic oxidation sites excluding steroid dienone is 1. The number of ether oxygens (including phenoxy) is 1. The summed E-state index contributed by atoms with van der Waals surface area (Å²) in [6.07, 6.45) is 0. The van der Waals surface area contributed by atoms with Crippen LogP contribution in [0.5, 0.6) is 5.75 Å². The minimum absolute atomic E-state index is 0.677. The Morgan fingerprint density at radius 2 is 1.87 bits per heavy atom. The van der Waals surface area contributed by atoms with Crippen LogP contribution >= 0.6 is 0 Å². The van der Waals surface area contributed by atoms with Gasteiger partial charge in [0, 0.05) is 5.56 Å². The molecule has 0 saturated heterocycles. The third kappa shape index (κ3) is 1.48. The highest BCUT2D eigenvalue weighted by atomic mass is 16.5. The van der Waals surface area contributed by atoms with Gasteiger partial charge in [-0.2, -0.15) is 0 Å². The van der Waals surface area contributed by atoms with Crippen LogP contribution < -0.4 is 4.74 Å². The van der Waals surface area contributed by atoms with E-state index in [-0.39, 0.29) is 0 Å². The Hall–Kier alpha value is -1.18. The van der Waals surface area contributed by atoms with Gasteiger partial charge in [0.1, 0.15) is 13.6 Å². The molecule has 0 bridgehead atoms. The first-order valence-electron chi connectivity index (χ1n) is 5.19. The molecular formula is C13H15BO. The van der Waals surface area contributed by atoms with Crippen molar-refractivity contribution in [2.75, 3.05) is 0 Å². The highest BCUT2D eigenvalue weighted by molar-refractivity contribution is 6.17.